The zero-order valence-corrected chi connectivity index (χ0v) is 5.54. The zero-order chi connectivity index (χ0) is 4.50. The molecule has 0 aromatic carbocycles. The molecule has 0 bridgehead atoms. The normalized spacial score (nSPS) is 9.83. The maximum atomic E-state index is 10.1. The molecular formula is FGeO3P-2. The van der Waals surface area contributed by atoms with Crippen LogP contribution in [0, 0.1) is 0 Å². The fourth-order valence-corrected chi connectivity index (χ4v) is 0. The van der Waals surface area contributed by atoms with E-state index in [4.69, 9.17) is 14.4 Å². The Morgan fingerprint density at radius 2 is 1.50 bits per heavy atom. The van der Waals surface area contributed by atoms with Gasteiger partial charge < -0.3 is 14.4 Å². The molecule has 0 spiro atoms. The topological polar surface area (TPSA) is 63.2 Å². The summed E-state index contributed by atoms with van der Waals surface area (Å²) >= 11 is 0. The van der Waals surface area contributed by atoms with Crippen molar-refractivity contribution < 1.29 is 18.5 Å². The molecule has 0 aliphatic heterocycles. The molecule has 0 saturated heterocycles. The molecule has 0 unspecified atom stereocenters. The Kier molecular flexibility index (Phi) is 4.47. The van der Waals surface area contributed by atoms with Gasteiger partial charge in [0.05, 0.1) is 0 Å². The Hall–Kier alpha value is 0.623. The summed E-state index contributed by atoms with van der Waals surface area (Å²) in [6.07, 6.45) is 0. The quantitative estimate of drug-likeness (QED) is 0.325. The summed E-state index contributed by atoms with van der Waals surface area (Å²) in [5.41, 5.74) is 0. The Bertz CT molecular complexity index is 56.9. The van der Waals surface area contributed by atoms with Gasteiger partial charge in [0, 0.05) is 17.6 Å². The Morgan fingerprint density at radius 1 is 1.50 bits per heavy atom. The first-order valence-electron chi connectivity index (χ1n) is 0.717. The molecule has 0 saturated carbocycles. The third-order valence-electron chi connectivity index (χ3n) is 0. The summed E-state index contributed by atoms with van der Waals surface area (Å²) in [5.74, 6) is 0. The molecule has 0 amide bonds. The first-order valence-corrected chi connectivity index (χ1v) is 2.15. The van der Waals surface area contributed by atoms with E-state index < -0.39 is 7.91 Å². The first kappa shape index (κ1) is 9.80. The summed E-state index contributed by atoms with van der Waals surface area (Å²) in [5, 5.41) is 0. The van der Waals surface area contributed by atoms with Crippen molar-refractivity contribution >= 4 is 25.5 Å². The molecule has 4 radical (unpaired) electrons. The average molecular weight is 171 g/mol. The summed E-state index contributed by atoms with van der Waals surface area (Å²) < 4.78 is 18.6. The Labute approximate surface area is 44.8 Å². The van der Waals surface area contributed by atoms with Gasteiger partial charge in [0.1, 0.15) is 7.91 Å². The second kappa shape index (κ2) is 2.74. The number of halogens is 1. The van der Waals surface area contributed by atoms with E-state index in [-0.39, 0.29) is 17.6 Å². The molecule has 0 atom stereocenters. The minimum atomic E-state index is -5.64. The van der Waals surface area contributed by atoms with Gasteiger partial charge in [0.15, 0.2) is 0 Å². The van der Waals surface area contributed by atoms with Crippen molar-refractivity contribution in [2.45, 2.75) is 0 Å². The minimum absolute atomic E-state index is 0. The van der Waals surface area contributed by atoms with Gasteiger partial charge in [-0.2, -0.15) is 0 Å². The Balaban J connectivity index is 0. The SMILES string of the molecule is O=P([O-])([O-])F.[Ge]. The second-order valence-corrected chi connectivity index (χ2v) is 1.29. The van der Waals surface area contributed by atoms with Crippen molar-refractivity contribution in [1.82, 2.24) is 0 Å². The second-order valence-electron chi connectivity index (χ2n) is 0.431. The molecule has 0 heterocycles. The van der Waals surface area contributed by atoms with Crippen LogP contribution in [0.15, 0.2) is 0 Å². The molecule has 0 aliphatic carbocycles. The molecule has 36 valence electrons. The van der Waals surface area contributed by atoms with E-state index >= 15 is 0 Å². The van der Waals surface area contributed by atoms with Crippen LogP contribution in [0.3, 0.4) is 0 Å². The van der Waals surface area contributed by atoms with E-state index in [9.17, 15) is 4.20 Å². The van der Waals surface area contributed by atoms with Crippen LogP contribution in [-0.2, 0) is 4.57 Å². The van der Waals surface area contributed by atoms with Crippen LogP contribution in [0.25, 0.3) is 0 Å². The monoisotopic (exact) mass is 172 g/mol. The molecule has 0 rings (SSSR count). The Morgan fingerprint density at radius 3 is 1.50 bits per heavy atom. The predicted molar refractivity (Wildman–Crippen MR) is 14.5 cm³/mol. The predicted octanol–water partition coefficient (Wildman–Crippen LogP) is -1.60. The molecule has 3 nitrogen and oxygen atoms in total. The number of hydrogen-bond donors (Lipinski definition) is 0. The van der Waals surface area contributed by atoms with Gasteiger partial charge in [0.2, 0.25) is 0 Å². The molecule has 0 aliphatic rings. The van der Waals surface area contributed by atoms with Gasteiger partial charge in [-0.15, -0.1) is 0 Å². The standard InChI is InChI=1S/FH2O3P.Ge/c1-5(2,3)4;/h(H2,2,3,4);/p-2. The third kappa shape index (κ3) is 156. The van der Waals surface area contributed by atoms with E-state index in [1.807, 2.05) is 0 Å². The first-order chi connectivity index (χ1) is 2.00. The van der Waals surface area contributed by atoms with Gasteiger partial charge in [-0.1, -0.05) is 0 Å². The van der Waals surface area contributed by atoms with Crippen LogP contribution in [0.4, 0.5) is 4.20 Å². The number of hydrogen-bond acceptors (Lipinski definition) is 3. The van der Waals surface area contributed by atoms with E-state index in [0.717, 1.165) is 0 Å². The van der Waals surface area contributed by atoms with Crippen LogP contribution in [-0.4, -0.2) is 17.6 Å². The van der Waals surface area contributed by atoms with Crippen molar-refractivity contribution in [1.29, 1.82) is 0 Å². The van der Waals surface area contributed by atoms with Crippen molar-refractivity contribution in [2.75, 3.05) is 0 Å². The number of rotatable bonds is 0. The van der Waals surface area contributed by atoms with Gasteiger partial charge in [-0.25, -0.2) is 4.20 Å². The average Bonchev–Trinajstić information content (AvgIpc) is 0.722. The van der Waals surface area contributed by atoms with Crippen LogP contribution >= 0.6 is 7.91 Å². The van der Waals surface area contributed by atoms with Crippen molar-refractivity contribution in [2.24, 2.45) is 0 Å². The molecule has 0 N–H and O–H groups in total. The van der Waals surface area contributed by atoms with E-state index in [1.54, 1.807) is 0 Å². The smallest absolute Gasteiger partial charge is 0.110 e. The van der Waals surface area contributed by atoms with Crippen molar-refractivity contribution in [3.8, 4) is 0 Å². The molecule has 6 heavy (non-hydrogen) atoms. The fraction of sp³-hybridized carbons (Fsp3) is 0. The van der Waals surface area contributed by atoms with Crippen molar-refractivity contribution in [3.63, 3.8) is 0 Å². The van der Waals surface area contributed by atoms with E-state index in [2.05, 4.69) is 0 Å². The maximum Gasteiger partial charge on any atom is 0.110 e. The molecular weight excluding hydrogens is 171 g/mol. The van der Waals surface area contributed by atoms with Gasteiger partial charge in [0.25, 0.3) is 0 Å². The fourth-order valence-electron chi connectivity index (χ4n) is 0. The summed E-state index contributed by atoms with van der Waals surface area (Å²) in [6, 6.07) is 0. The largest absolute Gasteiger partial charge is 0.786 e. The summed E-state index contributed by atoms with van der Waals surface area (Å²) in [4.78, 5) is 16.9. The zero-order valence-electron chi connectivity index (χ0n) is 2.55. The van der Waals surface area contributed by atoms with Crippen LogP contribution < -0.4 is 9.79 Å². The molecule has 0 aromatic heterocycles. The van der Waals surface area contributed by atoms with E-state index in [0.29, 0.717) is 0 Å². The minimum Gasteiger partial charge on any atom is -0.786 e. The van der Waals surface area contributed by atoms with Gasteiger partial charge in [-0.3, -0.25) is 0 Å². The van der Waals surface area contributed by atoms with Gasteiger partial charge >= 0.3 is 0 Å². The summed E-state index contributed by atoms with van der Waals surface area (Å²) in [6.45, 7) is 0. The molecule has 0 fully saturated rings. The maximum absolute atomic E-state index is 10.1. The van der Waals surface area contributed by atoms with Crippen LogP contribution in [0.1, 0.15) is 0 Å². The van der Waals surface area contributed by atoms with Gasteiger partial charge in [-0.05, 0) is 0 Å². The van der Waals surface area contributed by atoms with Crippen molar-refractivity contribution in [3.05, 3.63) is 0 Å². The third-order valence-corrected chi connectivity index (χ3v) is 0. The van der Waals surface area contributed by atoms with E-state index in [1.165, 1.54) is 0 Å². The van der Waals surface area contributed by atoms with Crippen LogP contribution in [0.5, 0.6) is 0 Å². The molecule has 6 heteroatoms. The van der Waals surface area contributed by atoms with Crippen LogP contribution in [0.2, 0.25) is 0 Å². The summed E-state index contributed by atoms with van der Waals surface area (Å²) in [7, 11) is -5.64. The molecule has 0 aromatic rings.